The second-order valence-electron chi connectivity index (χ2n) is 7.22. The molecular formula is C17H16F5N5O. The minimum atomic E-state index is -4.85. The molecule has 0 radical (unpaired) electrons. The first-order valence-corrected chi connectivity index (χ1v) is 8.53. The third-order valence-electron chi connectivity index (χ3n) is 5.05. The largest absolute Gasteiger partial charge is 0.434 e. The van der Waals surface area contributed by atoms with Gasteiger partial charge in [0.25, 0.3) is 5.56 Å². The van der Waals surface area contributed by atoms with Crippen LogP contribution in [0, 0.1) is 12.8 Å². The van der Waals surface area contributed by atoms with Gasteiger partial charge in [-0.3, -0.25) is 13.9 Å². The number of aryl methyl sites for hydroxylation is 2. The first kappa shape index (κ1) is 18.6. The zero-order valence-electron chi connectivity index (χ0n) is 15.0. The van der Waals surface area contributed by atoms with E-state index in [1.807, 2.05) is 0 Å². The van der Waals surface area contributed by atoms with Crippen LogP contribution in [0.4, 0.5) is 22.0 Å². The van der Waals surface area contributed by atoms with E-state index in [0.29, 0.717) is 5.69 Å². The Kier molecular flexibility index (Phi) is 3.92. The van der Waals surface area contributed by atoms with Gasteiger partial charge in [0.1, 0.15) is 0 Å². The number of halogens is 5. The van der Waals surface area contributed by atoms with E-state index in [4.69, 9.17) is 0 Å². The van der Waals surface area contributed by atoms with Crippen molar-refractivity contribution in [3.8, 4) is 11.1 Å². The van der Waals surface area contributed by atoms with E-state index in [2.05, 4.69) is 10.1 Å². The van der Waals surface area contributed by atoms with Gasteiger partial charge in [0, 0.05) is 50.1 Å². The predicted octanol–water partition coefficient (Wildman–Crippen LogP) is 3.27. The molecule has 1 aliphatic carbocycles. The summed E-state index contributed by atoms with van der Waals surface area (Å²) in [6, 6.07) is 0. The molecule has 0 spiro atoms. The maximum Gasteiger partial charge on any atom is 0.434 e. The van der Waals surface area contributed by atoms with Crippen LogP contribution in [0.25, 0.3) is 16.9 Å². The highest BCUT2D eigenvalue weighted by Gasteiger charge is 2.45. The highest BCUT2D eigenvalue weighted by atomic mass is 19.4. The molecule has 0 atom stereocenters. The molecule has 0 unspecified atom stereocenters. The summed E-state index contributed by atoms with van der Waals surface area (Å²) in [4.78, 5) is 16.5. The third kappa shape index (κ3) is 2.98. The van der Waals surface area contributed by atoms with Crippen molar-refractivity contribution in [1.82, 2.24) is 23.7 Å². The Morgan fingerprint density at radius 1 is 1.25 bits per heavy atom. The average molecular weight is 401 g/mol. The highest BCUT2D eigenvalue weighted by molar-refractivity contribution is 5.65. The first-order chi connectivity index (χ1) is 13.0. The van der Waals surface area contributed by atoms with E-state index in [1.54, 1.807) is 6.92 Å². The number of alkyl halides is 5. The van der Waals surface area contributed by atoms with Gasteiger partial charge in [-0.05, 0) is 12.8 Å². The summed E-state index contributed by atoms with van der Waals surface area (Å²) in [6.45, 7) is 1.80. The molecule has 0 bridgehead atoms. The Labute approximate surface area is 155 Å². The fraction of sp³-hybridized carbons (Fsp3) is 0.471. The van der Waals surface area contributed by atoms with Crippen molar-refractivity contribution >= 4 is 5.78 Å². The number of aromatic nitrogens is 5. The topological polar surface area (TPSA) is 57.1 Å². The zero-order chi connectivity index (χ0) is 20.4. The van der Waals surface area contributed by atoms with Crippen LogP contribution in [0.5, 0.6) is 0 Å². The minimum absolute atomic E-state index is 0.0492. The van der Waals surface area contributed by atoms with Gasteiger partial charge in [-0.15, -0.1) is 0 Å². The molecule has 6 nitrogen and oxygen atoms in total. The lowest BCUT2D eigenvalue weighted by molar-refractivity contribution is -0.140. The molecule has 1 fully saturated rings. The van der Waals surface area contributed by atoms with Crippen molar-refractivity contribution < 1.29 is 22.0 Å². The molecule has 3 heterocycles. The fourth-order valence-electron chi connectivity index (χ4n) is 3.54. The third-order valence-corrected chi connectivity index (χ3v) is 5.05. The lowest BCUT2D eigenvalue weighted by atomic mass is 9.81. The van der Waals surface area contributed by atoms with Gasteiger partial charge in [0.05, 0.1) is 11.8 Å². The van der Waals surface area contributed by atoms with Crippen molar-refractivity contribution in [1.29, 1.82) is 0 Å². The van der Waals surface area contributed by atoms with Crippen molar-refractivity contribution in [2.24, 2.45) is 13.0 Å². The second-order valence-corrected chi connectivity index (χ2v) is 7.22. The van der Waals surface area contributed by atoms with Gasteiger partial charge >= 0.3 is 6.18 Å². The van der Waals surface area contributed by atoms with Gasteiger partial charge < -0.3 is 4.57 Å². The molecule has 3 aromatic heterocycles. The number of fused-ring (bicyclic) bond motifs is 1. The summed E-state index contributed by atoms with van der Waals surface area (Å²) in [7, 11) is 1.52. The molecule has 0 aromatic carbocycles. The van der Waals surface area contributed by atoms with Crippen molar-refractivity contribution in [3.05, 3.63) is 40.3 Å². The lowest BCUT2D eigenvalue weighted by Crippen LogP contribution is -2.37. The van der Waals surface area contributed by atoms with E-state index in [0.717, 1.165) is 10.6 Å². The summed E-state index contributed by atoms with van der Waals surface area (Å²) in [5.74, 6) is -3.12. The van der Waals surface area contributed by atoms with E-state index in [-0.39, 0.29) is 36.6 Å². The van der Waals surface area contributed by atoms with Crippen molar-refractivity contribution in [2.45, 2.75) is 38.4 Å². The Morgan fingerprint density at radius 3 is 2.54 bits per heavy atom. The minimum Gasteiger partial charge on any atom is -0.317 e. The van der Waals surface area contributed by atoms with Crippen LogP contribution in [-0.2, 0) is 19.8 Å². The van der Waals surface area contributed by atoms with Crippen LogP contribution in [0.2, 0.25) is 0 Å². The summed E-state index contributed by atoms with van der Waals surface area (Å²) in [6.07, 6.45) is -1.60. The Hall–Kier alpha value is -2.72. The Bertz CT molecular complexity index is 1120. The molecule has 0 aliphatic heterocycles. The van der Waals surface area contributed by atoms with E-state index in [9.17, 15) is 26.7 Å². The van der Waals surface area contributed by atoms with Gasteiger partial charge in [-0.25, -0.2) is 13.8 Å². The Morgan fingerprint density at radius 2 is 1.93 bits per heavy atom. The van der Waals surface area contributed by atoms with E-state index < -0.39 is 28.9 Å². The molecule has 1 saturated carbocycles. The molecule has 0 N–H and O–H groups in total. The van der Waals surface area contributed by atoms with Crippen LogP contribution < -0.4 is 5.56 Å². The SMILES string of the molecule is Cc1cn2c(=O)c(-c3cnn(CC4CC(F)(F)C4)c3)c(C(F)(F)F)nc2n1C. The summed E-state index contributed by atoms with van der Waals surface area (Å²) in [5.41, 5.74) is -2.26. The van der Waals surface area contributed by atoms with Gasteiger partial charge in [-0.2, -0.15) is 18.3 Å². The normalized spacial score (nSPS) is 17.2. The molecule has 0 saturated heterocycles. The molecule has 3 aromatic rings. The second kappa shape index (κ2) is 5.89. The number of nitrogens with zero attached hydrogens (tertiary/aromatic N) is 5. The number of hydrogen-bond donors (Lipinski definition) is 0. The number of rotatable bonds is 3. The Balaban J connectivity index is 1.80. The van der Waals surface area contributed by atoms with Crippen LogP contribution in [-0.4, -0.2) is 29.7 Å². The first-order valence-electron chi connectivity index (χ1n) is 8.53. The lowest BCUT2D eigenvalue weighted by Gasteiger charge is -2.34. The molecule has 28 heavy (non-hydrogen) atoms. The van der Waals surface area contributed by atoms with Gasteiger partial charge in [0.15, 0.2) is 5.69 Å². The van der Waals surface area contributed by atoms with Crippen LogP contribution in [0.15, 0.2) is 23.4 Å². The number of imidazole rings is 1. The maximum atomic E-state index is 13.6. The molecular weight excluding hydrogens is 385 g/mol. The number of hydrogen-bond acceptors (Lipinski definition) is 3. The van der Waals surface area contributed by atoms with Gasteiger partial charge in [-0.1, -0.05) is 0 Å². The standard InChI is InChI=1S/C17H16F5N5O/c1-9-6-27-14(28)12(13(17(20,21)22)24-15(27)25(9)2)11-5-23-26(8-11)7-10-3-16(18,19)4-10/h5-6,8,10H,3-4,7H2,1-2H3. The van der Waals surface area contributed by atoms with Crippen LogP contribution in [0.1, 0.15) is 24.2 Å². The summed E-state index contributed by atoms with van der Waals surface area (Å²) >= 11 is 0. The van der Waals surface area contributed by atoms with Crippen LogP contribution in [0.3, 0.4) is 0 Å². The van der Waals surface area contributed by atoms with Crippen molar-refractivity contribution in [2.75, 3.05) is 0 Å². The van der Waals surface area contributed by atoms with Crippen LogP contribution >= 0.6 is 0 Å². The zero-order valence-corrected chi connectivity index (χ0v) is 15.0. The summed E-state index contributed by atoms with van der Waals surface area (Å²) in [5, 5.41) is 3.95. The molecule has 1 aliphatic rings. The van der Waals surface area contributed by atoms with E-state index in [1.165, 1.54) is 28.7 Å². The van der Waals surface area contributed by atoms with Gasteiger partial charge in [0.2, 0.25) is 11.7 Å². The molecule has 11 heteroatoms. The molecule has 0 amide bonds. The smallest absolute Gasteiger partial charge is 0.317 e. The fourth-order valence-corrected chi connectivity index (χ4v) is 3.54. The average Bonchev–Trinajstić information content (AvgIpc) is 3.11. The molecule has 150 valence electrons. The molecule has 4 rings (SSSR count). The predicted molar refractivity (Wildman–Crippen MR) is 89.1 cm³/mol. The quantitative estimate of drug-likeness (QED) is 0.633. The maximum absolute atomic E-state index is 13.6. The van der Waals surface area contributed by atoms with Crippen molar-refractivity contribution in [3.63, 3.8) is 0 Å². The monoisotopic (exact) mass is 401 g/mol. The highest BCUT2D eigenvalue weighted by Crippen LogP contribution is 2.43. The summed E-state index contributed by atoms with van der Waals surface area (Å²) < 4.78 is 70.5. The van der Waals surface area contributed by atoms with E-state index >= 15 is 0 Å².